The molecule has 1 atom stereocenters. The second kappa shape index (κ2) is 7.80. The molecule has 1 aliphatic carbocycles. The predicted molar refractivity (Wildman–Crippen MR) is 121 cm³/mol. The number of halogens is 2. The third kappa shape index (κ3) is 3.66. The van der Waals surface area contributed by atoms with Crippen LogP contribution in [0.2, 0.25) is 10.0 Å². The van der Waals surface area contributed by atoms with Crippen LogP contribution in [0.1, 0.15) is 48.6 Å². The van der Waals surface area contributed by atoms with Gasteiger partial charge in [-0.3, -0.25) is 14.5 Å². The van der Waals surface area contributed by atoms with Gasteiger partial charge in [-0.25, -0.2) is 0 Å². The Morgan fingerprint density at radius 3 is 2.63 bits per heavy atom. The van der Waals surface area contributed by atoms with Crippen molar-refractivity contribution in [2.45, 2.75) is 32.4 Å². The Labute approximate surface area is 186 Å². The van der Waals surface area contributed by atoms with Gasteiger partial charge in [-0.2, -0.15) is 0 Å². The average molecular weight is 440 g/mol. The Morgan fingerprint density at radius 2 is 1.87 bits per heavy atom. The van der Waals surface area contributed by atoms with E-state index in [1.165, 1.54) is 12.8 Å². The third-order valence-corrected chi connectivity index (χ3v) is 6.28. The molecule has 30 heavy (non-hydrogen) atoms. The number of aromatic nitrogens is 3. The van der Waals surface area contributed by atoms with Crippen molar-refractivity contribution >= 4 is 28.9 Å². The van der Waals surface area contributed by atoms with E-state index in [2.05, 4.69) is 26.7 Å². The number of fused-ring (bicyclic) bond motifs is 3. The maximum absolute atomic E-state index is 6.55. The largest absolute Gasteiger partial charge is 0.299 e. The van der Waals surface area contributed by atoms with E-state index in [0.29, 0.717) is 10.0 Å². The van der Waals surface area contributed by atoms with E-state index in [0.717, 1.165) is 53.2 Å². The summed E-state index contributed by atoms with van der Waals surface area (Å²) in [4.78, 5) is 7.35. The van der Waals surface area contributed by atoms with E-state index in [1.807, 2.05) is 49.4 Å². The minimum atomic E-state index is -0.169. The van der Waals surface area contributed by atoms with Gasteiger partial charge in [0.25, 0.3) is 0 Å². The lowest BCUT2D eigenvalue weighted by molar-refractivity contribution is 0.303. The van der Waals surface area contributed by atoms with Crippen molar-refractivity contribution in [2.24, 2.45) is 10.9 Å². The Bertz CT molecular complexity index is 1130. The summed E-state index contributed by atoms with van der Waals surface area (Å²) in [7, 11) is 2.15. The molecule has 1 aromatic heterocycles. The molecule has 1 unspecified atom stereocenters. The van der Waals surface area contributed by atoms with E-state index in [1.54, 1.807) is 0 Å². The number of nitrogens with zero attached hydrogens (tertiary/aromatic N) is 5. The van der Waals surface area contributed by atoms with Crippen molar-refractivity contribution in [3.63, 3.8) is 0 Å². The van der Waals surface area contributed by atoms with Gasteiger partial charge in [0.05, 0.1) is 17.9 Å². The van der Waals surface area contributed by atoms with Crippen molar-refractivity contribution in [2.75, 3.05) is 13.6 Å². The standard InChI is InChI=1S/C23H23Cl2N5/c1-14-23-28-27-21(13-29(2)12-15-7-8-15)30(23)20-10-9-16(24)11-18(20)22(26-14)17-5-3-4-6-19(17)25/h3-6,9-11,14-15H,7-8,12-13H2,1-2H3. The molecule has 0 amide bonds. The fraction of sp³-hybridized carbons (Fsp3) is 0.348. The summed E-state index contributed by atoms with van der Waals surface area (Å²) < 4.78 is 2.15. The summed E-state index contributed by atoms with van der Waals surface area (Å²) >= 11 is 13.0. The number of hydrogen-bond acceptors (Lipinski definition) is 4. The number of benzene rings is 2. The smallest absolute Gasteiger partial charge is 0.162 e. The molecule has 5 rings (SSSR count). The molecule has 1 aliphatic heterocycles. The molecule has 0 radical (unpaired) electrons. The molecule has 1 saturated carbocycles. The van der Waals surface area contributed by atoms with Gasteiger partial charge < -0.3 is 0 Å². The highest BCUT2D eigenvalue weighted by atomic mass is 35.5. The van der Waals surface area contributed by atoms with Crippen LogP contribution in [-0.4, -0.2) is 39.0 Å². The first-order chi connectivity index (χ1) is 14.5. The fourth-order valence-corrected chi connectivity index (χ4v) is 4.49. The summed E-state index contributed by atoms with van der Waals surface area (Å²) in [5, 5.41) is 10.4. The molecule has 7 heteroatoms. The first-order valence-electron chi connectivity index (χ1n) is 10.3. The molecule has 0 spiro atoms. The highest BCUT2D eigenvalue weighted by Crippen LogP contribution is 2.34. The Balaban J connectivity index is 1.65. The molecular weight excluding hydrogens is 417 g/mol. The van der Waals surface area contributed by atoms with Gasteiger partial charge in [0.2, 0.25) is 0 Å². The van der Waals surface area contributed by atoms with Gasteiger partial charge >= 0.3 is 0 Å². The molecule has 0 bridgehead atoms. The predicted octanol–water partition coefficient (Wildman–Crippen LogP) is 5.33. The van der Waals surface area contributed by atoms with Crippen molar-refractivity contribution in [1.29, 1.82) is 0 Å². The normalized spacial score (nSPS) is 18.0. The number of aliphatic imine (C=N–C) groups is 1. The molecule has 0 N–H and O–H groups in total. The van der Waals surface area contributed by atoms with Crippen LogP contribution in [0.3, 0.4) is 0 Å². The maximum atomic E-state index is 6.55. The quantitative estimate of drug-likeness (QED) is 0.539. The molecule has 2 aliphatic rings. The maximum Gasteiger partial charge on any atom is 0.162 e. The van der Waals surface area contributed by atoms with Gasteiger partial charge in [-0.1, -0.05) is 41.4 Å². The lowest BCUT2D eigenvalue weighted by atomic mass is 10.00. The van der Waals surface area contributed by atoms with Crippen molar-refractivity contribution < 1.29 is 0 Å². The number of hydrogen-bond donors (Lipinski definition) is 0. The van der Waals surface area contributed by atoms with E-state index in [9.17, 15) is 0 Å². The number of rotatable bonds is 5. The second-order valence-electron chi connectivity index (χ2n) is 8.24. The lowest BCUT2D eigenvalue weighted by Gasteiger charge is -2.18. The van der Waals surface area contributed by atoms with Gasteiger partial charge in [0, 0.05) is 27.7 Å². The zero-order valence-corrected chi connectivity index (χ0v) is 18.5. The van der Waals surface area contributed by atoms with Gasteiger partial charge in [-0.15, -0.1) is 10.2 Å². The summed E-state index contributed by atoms with van der Waals surface area (Å²) in [5.74, 6) is 2.57. The molecule has 0 saturated heterocycles. The minimum absolute atomic E-state index is 0.169. The Morgan fingerprint density at radius 1 is 1.07 bits per heavy atom. The minimum Gasteiger partial charge on any atom is -0.299 e. The molecule has 2 aromatic carbocycles. The van der Waals surface area contributed by atoms with Crippen LogP contribution in [0, 0.1) is 5.92 Å². The summed E-state index contributed by atoms with van der Waals surface area (Å²) in [5.41, 5.74) is 3.64. The first-order valence-corrected chi connectivity index (χ1v) is 11.0. The van der Waals surface area contributed by atoms with Crippen LogP contribution < -0.4 is 0 Å². The van der Waals surface area contributed by atoms with E-state index < -0.39 is 0 Å². The summed E-state index contributed by atoms with van der Waals surface area (Å²) in [6.45, 7) is 3.87. The SMILES string of the molecule is CC1N=C(c2ccccc2Cl)c2cc(Cl)ccc2-n2c(CN(C)CC3CC3)nnc21. The molecule has 2 heterocycles. The van der Waals surface area contributed by atoms with Crippen molar-refractivity contribution in [3.8, 4) is 5.69 Å². The third-order valence-electron chi connectivity index (χ3n) is 5.71. The Hall–Kier alpha value is -2.21. The first kappa shape index (κ1) is 19.7. The zero-order valence-electron chi connectivity index (χ0n) is 17.0. The molecule has 3 aromatic rings. The van der Waals surface area contributed by atoms with Gasteiger partial charge in [-0.05, 0) is 57.0 Å². The van der Waals surface area contributed by atoms with Crippen LogP contribution >= 0.6 is 23.2 Å². The topological polar surface area (TPSA) is 46.3 Å². The van der Waals surface area contributed by atoms with E-state index in [-0.39, 0.29) is 6.04 Å². The Kier molecular flexibility index (Phi) is 5.13. The van der Waals surface area contributed by atoms with Crippen molar-refractivity contribution in [1.82, 2.24) is 19.7 Å². The molecule has 5 nitrogen and oxygen atoms in total. The van der Waals surface area contributed by atoms with Gasteiger partial charge in [0.1, 0.15) is 6.04 Å². The van der Waals surface area contributed by atoms with E-state index >= 15 is 0 Å². The van der Waals surface area contributed by atoms with Crippen LogP contribution in [0.4, 0.5) is 0 Å². The fourth-order valence-electron chi connectivity index (χ4n) is 4.09. The zero-order chi connectivity index (χ0) is 20.8. The lowest BCUT2D eigenvalue weighted by Crippen LogP contribution is -2.23. The van der Waals surface area contributed by atoms with E-state index in [4.69, 9.17) is 28.2 Å². The summed E-state index contributed by atoms with van der Waals surface area (Å²) in [6, 6.07) is 13.5. The van der Waals surface area contributed by atoms with Crippen molar-refractivity contribution in [3.05, 3.63) is 75.3 Å². The summed E-state index contributed by atoms with van der Waals surface area (Å²) in [6.07, 6.45) is 2.66. The highest BCUT2D eigenvalue weighted by Gasteiger charge is 2.29. The van der Waals surface area contributed by atoms with Crippen LogP contribution in [0.15, 0.2) is 47.5 Å². The van der Waals surface area contributed by atoms with Gasteiger partial charge in [0.15, 0.2) is 11.6 Å². The molecule has 154 valence electrons. The van der Waals surface area contributed by atoms with Crippen LogP contribution in [0.25, 0.3) is 5.69 Å². The molecule has 1 fully saturated rings. The van der Waals surface area contributed by atoms with Crippen LogP contribution in [-0.2, 0) is 6.54 Å². The van der Waals surface area contributed by atoms with Crippen LogP contribution in [0.5, 0.6) is 0 Å². The highest BCUT2D eigenvalue weighted by molar-refractivity contribution is 6.36. The average Bonchev–Trinajstić information content (AvgIpc) is 3.45. The molecular formula is C23H23Cl2N5. The second-order valence-corrected chi connectivity index (χ2v) is 9.09. The monoisotopic (exact) mass is 439 g/mol.